The van der Waals surface area contributed by atoms with E-state index < -0.39 is 4.92 Å². The third-order valence-corrected chi connectivity index (χ3v) is 4.83. The van der Waals surface area contributed by atoms with Crippen molar-refractivity contribution in [1.82, 2.24) is 0 Å². The highest BCUT2D eigenvalue weighted by Gasteiger charge is 2.27. The first-order valence-corrected chi connectivity index (χ1v) is 8.93. The third kappa shape index (κ3) is 3.05. The lowest BCUT2D eigenvalue weighted by Crippen LogP contribution is -2.07. The quantitative estimate of drug-likeness (QED) is 0.254. The van der Waals surface area contributed by atoms with Gasteiger partial charge in [0, 0.05) is 17.2 Å². The highest BCUT2D eigenvalue weighted by Crippen LogP contribution is 2.39. The summed E-state index contributed by atoms with van der Waals surface area (Å²) in [6.45, 7) is 1.95. The molecule has 0 amide bonds. The molecule has 4 aromatic rings. The molecular weight excluding hydrogens is 350 g/mol. The summed E-state index contributed by atoms with van der Waals surface area (Å²) in [6, 6.07) is 25.2. The molecule has 0 aliphatic heterocycles. The fourth-order valence-electron chi connectivity index (χ4n) is 3.46. The largest absolute Gasteiger partial charge is 0.289 e. The highest BCUT2D eigenvalue weighted by molar-refractivity contribution is 6.21. The Kier molecular flexibility index (Phi) is 4.45. The first-order chi connectivity index (χ1) is 13.6. The van der Waals surface area contributed by atoms with Gasteiger partial charge in [0.1, 0.15) is 0 Å². The Morgan fingerprint density at radius 2 is 1.50 bits per heavy atom. The minimum absolute atomic E-state index is 0.0677. The van der Waals surface area contributed by atoms with Crippen LogP contribution in [0.4, 0.5) is 5.69 Å². The van der Waals surface area contributed by atoms with Gasteiger partial charge in [-0.1, -0.05) is 84.4 Å². The predicted octanol–water partition coefficient (Wildman–Crippen LogP) is 5.95. The number of aryl methyl sites for hydroxylation is 1. The second-order valence-electron chi connectivity index (χ2n) is 6.69. The van der Waals surface area contributed by atoms with Crippen LogP contribution in [0.2, 0.25) is 0 Å². The summed E-state index contributed by atoms with van der Waals surface area (Å²) in [5.41, 5.74) is 2.85. The summed E-state index contributed by atoms with van der Waals surface area (Å²) in [4.78, 5) is 25.0. The maximum absolute atomic E-state index is 13.5. The molecule has 0 saturated carbocycles. The smallest absolute Gasteiger partial charge is 0.278 e. The number of hydrogen-bond acceptors (Lipinski definition) is 3. The van der Waals surface area contributed by atoms with Crippen LogP contribution in [-0.2, 0) is 0 Å². The van der Waals surface area contributed by atoms with Crippen molar-refractivity contribution in [2.75, 3.05) is 0 Å². The molecule has 4 aromatic carbocycles. The van der Waals surface area contributed by atoms with Gasteiger partial charge in [-0.15, -0.1) is 0 Å². The van der Waals surface area contributed by atoms with Gasteiger partial charge in [0.05, 0.1) is 10.5 Å². The summed E-state index contributed by atoms with van der Waals surface area (Å²) in [5, 5.41) is 13.3. The second-order valence-corrected chi connectivity index (χ2v) is 6.69. The molecule has 0 aromatic heterocycles. The summed E-state index contributed by atoms with van der Waals surface area (Å²) in [6.07, 6.45) is 0. The molecule has 0 aliphatic rings. The van der Waals surface area contributed by atoms with Crippen molar-refractivity contribution in [3.63, 3.8) is 0 Å². The van der Waals surface area contributed by atoms with Crippen molar-refractivity contribution >= 4 is 22.2 Å². The Morgan fingerprint density at radius 1 is 0.857 bits per heavy atom. The number of fused-ring (bicyclic) bond motifs is 1. The van der Waals surface area contributed by atoms with E-state index in [0.29, 0.717) is 33.0 Å². The van der Waals surface area contributed by atoms with E-state index in [1.54, 1.807) is 36.4 Å². The summed E-state index contributed by atoms with van der Waals surface area (Å²) < 4.78 is 0. The minimum atomic E-state index is -0.413. The molecule has 4 nitrogen and oxygen atoms in total. The number of carbonyl (C=O) groups is 1. The van der Waals surface area contributed by atoms with E-state index in [4.69, 9.17) is 0 Å². The molecule has 0 unspecified atom stereocenters. The molecule has 0 spiro atoms. The number of nitro groups is 1. The van der Waals surface area contributed by atoms with Gasteiger partial charge in [0.15, 0.2) is 5.78 Å². The Labute approximate surface area is 162 Å². The van der Waals surface area contributed by atoms with Crippen LogP contribution >= 0.6 is 0 Å². The van der Waals surface area contributed by atoms with Crippen LogP contribution in [-0.4, -0.2) is 10.7 Å². The topological polar surface area (TPSA) is 60.2 Å². The van der Waals surface area contributed by atoms with Gasteiger partial charge in [0.25, 0.3) is 5.69 Å². The van der Waals surface area contributed by atoms with Gasteiger partial charge >= 0.3 is 0 Å². The van der Waals surface area contributed by atoms with Gasteiger partial charge in [-0.25, -0.2) is 0 Å². The summed E-state index contributed by atoms with van der Waals surface area (Å²) >= 11 is 0. The maximum atomic E-state index is 13.5. The van der Waals surface area contributed by atoms with Crippen LogP contribution in [0.15, 0.2) is 84.9 Å². The average Bonchev–Trinajstić information content (AvgIpc) is 2.73. The van der Waals surface area contributed by atoms with Crippen molar-refractivity contribution in [1.29, 1.82) is 0 Å². The molecule has 0 atom stereocenters. The van der Waals surface area contributed by atoms with E-state index >= 15 is 0 Å². The minimum Gasteiger partial charge on any atom is -0.289 e. The Hall–Kier alpha value is -3.79. The molecule has 0 fully saturated rings. The molecule has 136 valence electrons. The third-order valence-electron chi connectivity index (χ3n) is 4.83. The van der Waals surface area contributed by atoms with E-state index in [0.717, 1.165) is 5.56 Å². The highest BCUT2D eigenvalue weighted by atomic mass is 16.6. The van der Waals surface area contributed by atoms with E-state index in [9.17, 15) is 14.9 Å². The Bertz CT molecular complexity index is 1200. The SMILES string of the molecule is Cc1ccc(-c2c([N+](=O)[O-])cc3ccccc3c2C(=O)c2ccccc2)cc1. The van der Waals surface area contributed by atoms with Crippen molar-refractivity contribution in [2.45, 2.75) is 6.92 Å². The summed E-state index contributed by atoms with van der Waals surface area (Å²) in [7, 11) is 0. The first kappa shape index (κ1) is 17.6. The van der Waals surface area contributed by atoms with Crippen LogP contribution in [0.1, 0.15) is 21.5 Å². The van der Waals surface area contributed by atoms with Gasteiger partial charge in [0.2, 0.25) is 0 Å². The standard InChI is InChI=1S/C24H17NO3/c1-16-11-13-17(14-12-16)22-21(25(27)28)15-19-9-5-6-10-20(19)23(22)24(26)18-7-3-2-4-8-18/h2-15H,1H3. The fourth-order valence-corrected chi connectivity index (χ4v) is 3.46. The average molecular weight is 367 g/mol. The van der Waals surface area contributed by atoms with Crippen LogP contribution in [0.5, 0.6) is 0 Å². The van der Waals surface area contributed by atoms with Gasteiger partial charge < -0.3 is 0 Å². The van der Waals surface area contributed by atoms with E-state index in [-0.39, 0.29) is 11.5 Å². The fraction of sp³-hybridized carbons (Fsp3) is 0.0417. The van der Waals surface area contributed by atoms with Gasteiger partial charge in [-0.3, -0.25) is 14.9 Å². The van der Waals surface area contributed by atoms with E-state index in [2.05, 4.69) is 0 Å². The number of rotatable bonds is 4. The maximum Gasteiger partial charge on any atom is 0.278 e. The lowest BCUT2D eigenvalue weighted by Gasteiger charge is -2.14. The zero-order valence-electron chi connectivity index (χ0n) is 15.3. The molecule has 0 N–H and O–H groups in total. The van der Waals surface area contributed by atoms with Crippen molar-refractivity contribution in [2.24, 2.45) is 0 Å². The molecular formula is C24H17NO3. The van der Waals surface area contributed by atoms with Crippen LogP contribution in [0, 0.1) is 17.0 Å². The number of benzene rings is 4. The van der Waals surface area contributed by atoms with Crippen molar-refractivity contribution in [3.05, 3.63) is 112 Å². The van der Waals surface area contributed by atoms with Gasteiger partial charge in [-0.05, 0) is 23.3 Å². The van der Waals surface area contributed by atoms with E-state index in [1.807, 2.05) is 55.5 Å². The number of nitrogens with zero attached hydrogens (tertiary/aromatic N) is 1. The van der Waals surface area contributed by atoms with Crippen molar-refractivity contribution < 1.29 is 9.72 Å². The molecule has 0 heterocycles. The molecule has 0 aliphatic carbocycles. The van der Waals surface area contributed by atoms with Crippen LogP contribution < -0.4 is 0 Å². The Balaban J connectivity index is 2.13. The number of hydrogen-bond donors (Lipinski definition) is 0. The Morgan fingerprint density at radius 3 is 2.18 bits per heavy atom. The normalized spacial score (nSPS) is 10.8. The second kappa shape index (κ2) is 7.08. The molecule has 4 heteroatoms. The first-order valence-electron chi connectivity index (χ1n) is 8.93. The van der Waals surface area contributed by atoms with Gasteiger partial charge in [-0.2, -0.15) is 0 Å². The number of ketones is 1. The zero-order chi connectivity index (χ0) is 19.7. The lowest BCUT2D eigenvalue weighted by molar-refractivity contribution is -0.384. The number of nitro benzene ring substituents is 1. The summed E-state index contributed by atoms with van der Waals surface area (Å²) in [5.74, 6) is -0.226. The van der Waals surface area contributed by atoms with Crippen LogP contribution in [0.25, 0.3) is 21.9 Å². The molecule has 0 bridgehead atoms. The monoisotopic (exact) mass is 367 g/mol. The zero-order valence-corrected chi connectivity index (χ0v) is 15.3. The van der Waals surface area contributed by atoms with E-state index in [1.165, 1.54) is 0 Å². The number of carbonyl (C=O) groups excluding carboxylic acids is 1. The lowest BCUT2D eigenvalue weighted by atomic mass is 9.88. The van der Waals surface area contributed by atoms with Crippen molar-refractivity contribution in [3.8, 4) is 11.1 Å². The molecule has 4 rings (SSSR count). The molecule has 0 saturated heterocycles. The van der Waals surface area contributed by atoms with Crippen LogP contribution in [0.3, 0.4) is 0 Å². The molecule has 0 radical (unpaired) electrons. The molecule has 28 heavy (non-hydrogen) atoms. The predicted molar refractivity (Wildman–Crippen MR) is 111 cm³/mol.